The van der Waals surface area contributed by atoms with Crippen molar-refractivity contribution in [1.82, 2.24) is 30.2 Å². The average Bonchev–Trinajstić information content (AvgIpc) is 2.94. The molecule has 0 bridgehead atoms. The first-order valence-electron chi connectivity index (χ1n) is 6.84. The quantitative estimate of drug-likeness (QED) is 0.774. The minimum absolute atomic E-state index is 0.255. The molecule has 1 saturated heterocycles. The zero-order valence-electron chi connectivity index (χ0n) is 12.1. The van der Waals surface area contributed by atoms with Crippen LogP contribution in [0.1, 0.15) is 13.8 Å². The summed E-state index contributed by atoms with van der Waals surface area (Å²) in [4.78, 5) is 5.05. The molecule has 0 atom stereocenters. The van der Waals surface area contributed by atoms with E-state index in [1.165, 1.54) is 4.63 Å². The lowest BCUT2D eigenvalue weighted by Gasteiger charge is -2.43. The Morgan fingerprint density at radius 3 is 2.62 bits per heavy atom. The number of thiocarbonyl (C=S) groups is 1. The molecule has 2 aromatic rings. The molecule has 0 spiro atoms. The van der Waals surface area contributed by atoms with Gasteiger partial charge in [-0.2, -0.15) is 0 Å². The van der Waals surface area contributed by atoms with Gasteiger partial charge in [-0.25, -0.2) is 0 Å². The van der Waals surface area contributed by atoms with Crippen molar-refractivity contribution in [3.8, 4) is 0 Å². The molecule has 112 valence electrons. The zero-order chi connectivity index (χ0) is 15.0. The topological polar surface area (TPSA) is 88.5 Å². The van der Waals surface area contributed by atoms with Crippen molar-refractivity contribution in [3.05, 3.63) is 12.1 Å². The molecule has 0 radical (unpaired) electrons. The molecule has 0 saturated carbocycles. The molecule has 1 aliphatic rings. The first-order chi connectivity index (χ1) is 9.98. The predicted molar refractivity (Wildman–Crippen MR) is 83.2 cm³/mol. The van der Waals surface area contributed by atoms with Crippen LogP contribution in [0, 0.1) is 0 Å². The Labute approximate surface area is 127 Å². The van der Waals surface area contributed by atoms with Crippen molar-refractivity contribution < 1.29 is 0 Å². The van der Waals surface area contributed by atoms with Gasteiger partial charge in [0.2, 0.25) is 0 Å². The minimum atomic E-state index is -0.255. The van der Waals surface area contributed by atoms with Gasteiger partial charge in [-0.1, -0.05) is 12.2 Å². The lowest BCUT2D eigenvalue weighted by atomic mass is 10.0. The van der Waals surface area contributed by atoms with E-state index in [0.29, 0.717) is 10.6 Å². The molecule has 21 heavy (non-hydrogen) atoms. The van der Waals surface area contributed by atoms with Gasteiger partial charge in [-0.3, -0.25) is 4.90 Å². The van der Waals surface area contributed by atoms with Crippen LogP contribution in [-0.4, -0.2) is 66.9 Å². The van der Waals surface area contributed by atoms with E-state index >= 15 is 0 Å². The third-order valence-corrected chi connectivity index (χ3v) is 4.55. The van der Waals surface area contributed by atoms with Crippen LogP contribution in [0.25, 0.3) is 5.65 Å². The minimum Gasteiger partial charge on any atom is -0.392 e. The molecule has 0 amide bonds. The molecular formula is C12H18N8S. The largest absolute Gasteiger partial charge is 0.392 e. The van der Waals surface area contributed by atoms with Gasteiger partial charge in [0.25, 0.3) is 0 Å². The molecule has 0 aromatic carbocycles. The number of piperazine rings is 1. The molecule has 8 nitrogen and oxygen atoms in total. The molecule has 9 heteroatoms. The molecule has 0 unspecified atom stereocenters. The Morgan fingerprint density at radius 1 is 1.24 bits per heavy atom. The van der Waals surface area contributed by atoms with Gasteiger partial charge >= 0.3 is 0 Å². The van der Waals surface area contributed by atoms with E-state index in [9.17, 15) is 0 Å². The second-order valence-corrected chi connectivity index (χ2v) is 6.06. The number of nitrogens with two attached hydrogens (primary N) is 1. The van der Waals surface area contributed by atoms with E-state index < -0.39 is 0 Å². The maximum Gasteiger partial charge on any atom is 0.200 e. The smallest absolute Gasteiger partial charge is 0.200 e. The summed E-state index contributed by atoms with van der Waals surface area (Å²) in [5, 5.41) is 15.7. The van der Waals surface area contributed by atoms with E-state index in [-0.39, 0.29) is 5.54 Å². The van der Waals surface area contributed by atoms with Gasteiger partial charge in [-0.15, -0.1) is 14.8 Å². The first-order valence-corrected chi connectivity index (χ1v) is 7.24. The van der Waals surface area contributed by atoms with Crippen LogP contribution in [0.5, 0.6) is 0 Å². The van der Waals surface area contributed by atoms with Crippen molar-refractivity contribution in [3.63, 3.8) is 0 Å². The van der Waals surface area contributed by atoms with Crippen molar-refractivity contribution >= 4 is 28.7 Å². The second kappa shape index (κ2) is 5.15. The highest BCUT2D eigenvalue weighted by Crippen LogP contribution is 2.20. The van der Waals surface area contributed by atoms with Gasteiger partial charge in [0, 0.05) is 26.2 Å². The molecule has 3 heterocycles. The number of tetrazole rings is 1. The van der Waals surface area contributed by atoms with E-state index in [2.05, 4.69) is 44.3 Å². The summed E-state index contributed by atoms with van der Waals surface area (Å²) in [6.45, 7) is 7.64. The number of anilines is 1. The summed E-state index contributed by atoms with van der Waals surface area (Å²) in [7, 11) is 0. The van der Waals surface area contributed by atoms with Crippen LogP contribution in [0.15, 0.2) is 12.1 Å². The summed E-state index contributed by atoms with van der Waals surface area (Å²) in [6.07, 6.45) is 0. The maximum absolute atomic E-state index is 5.84. The number of rotatable bonds is 3. The first kappa shape index (κ1) is 14.1. The fourth-order valence-corrected chi connectivity index (χ4v) is 2.59. The van der Waals surface area contributed by atoms with Crippen LogP contribution in [-0.2, 0) is 0 Å². The summed E-state index contributed by atoms with van der Waals surface area (Å²) in [5.41, 5.74) is 6.23. The Balaban J connectivity index is 1.72. The monoisotopic (exact) mass is 306 g/mol. The number of aromatic nitrogens is 5. The molecule has 2 N–H and O–H groups in total. The highest BCUT2D eigenvalue weighted by Gasteiger charge is 2.32. The van der Waals surface area contributed by atoms with E-state index in [1.807, 2.05) is 12.1 Å². The van der Waals surface area contributed by atoms with Crippen LogP contribution in [0.3, 0.4) is 0 Å². The number of hydrogen-bond acceptors (Lipinski definition) is 7. The number of hydrogen-bond donors (Lipinski definition) is 1. The van der Waals surface area contributed by atoms with Crippen molar-refractivity contribution in [2.75, 3.05) is 31.1 Å². The standard InChI is InChI=1S/C12H18N8S/c1-12(2,11(13)21)19-7-5-18(6-8-19)10-4-3-9-14-16-17-20(9)15-10/h3-4H,5-8H2,1-2H3,(H2,13,21). The van der Waals surface area contributed by atoms with Crippen molar-refractivity contribution in [1.29, 1.82) is 0 Å². The summed E-state index contributed by atoms with van der Waals surface area (Å²) in [5.74, 6) is 0.877. The van der Waals surface area contributed by atoms with Gasteiger partial charge in [-0.05, 0) is 36.4 Å². The average molecular weight is 306 g/mol. The third-order valence-electron chi connectivity index (χ3n) is 4.05. The van der Waals surface area contributed by atoms with E-state index in [1.54, 1.807) is 0 Å². The van der Waals surface area contributed by atoms with Crippen LogP contribution in [0.2, 0.25) is 0 Å². The van der Waals surface area contributed by atoms with Crippen LogP contribution < -0.4 is 10.6 Å². The van der Waals surface area contributed by atoms with Crippen molar-refractivity contribution in [2.45, 2.75) is 19.4 Å². The Bertz CT molecular complexity index is 658. The highest BCUT2D eigenvalue weighted by atomic mass is 32.1. The summed E-state index contributed by atoms with van der Waals surface area (Å²) >= 11 is 5.16. The Morgan fingerprint density at radius 2 is 1.95 bits per heavy atom. The van der Waals surface area contributed by atoms with Gasteiger partial charge in [0.05, 0.1) is 10.5 Å². The van der Waals surface area contributed by atoms with Gasteiger partial charge in [0.15, 0.2) is 11.5 Å². The predicted octanol–water partition coefficient (Wildman–Crippen LogP) is -0.294. The van der Waals surface area contributed by atoms with Gasteiger partial charge < -0.3 is 10.6 Å². The van der Waals surface area contributed by atoms with E-state index in [0.717, 1.165) is 32.0 Å². The third kappa shape index (κ3) is 2.54. The fraction of sp³-hybridized carbons (Fsp3) is 0.583. The lowest BCUT2D eigenvalue weighted by molar-refractivity contribution is 0.168. The highest BCUT2D eigenvalue weighted by molar-refractivity contribution is 7.80. The van der Waals surface area contributed by atoms with Crippen LogP contribution in [0.4, 0.5) is 5.82 Å². The SMILES string of the molecule is CC(C)(C(N)=S)N1CCN(c2ccc3nnnn3n2)CC1. The van der Waals surface area contributed by atoms with Gasteiger partial charge in [0.1, 0.15) is 0 Å². The normalized spacial score (nSPS) is 17.3. The number of fused-ring (bicyclic) bond motifs is 1. The molecule has 0 aliphatic carbocycles. The lowest BCUT2D eigenvalue weighted by Crippen LogP contribution is -2.59. The number of nitrogens with zero attached hydrogens (tertiary/aromatic N) is 7. The van der Waals surface area contributed by atoms with E-state index in [4.69, 9.17) is 18.0 Å². The zero-order valence-corrected chi connectivity index (χ0v) is 12.9. The fourth-order valence-electron chi connectivity index (χ4n) is 2.46. The maximum atomic E-state index is 5.84. The Kier molecular flexibility index (Phi) is 3.46. The molecule has 1 aliphatic heterocycles. The Hall–Kier alpha value is -1.87. The molecule has 2 aromatic heterocycles. The molecular weight excluding hydrogens is 288 g/mol. The molecule has 3 rings (SSSR count). The summed E-state index contributed by atoms with van der Waals surface area (Å²) < 4.78 is 1.45. The molecule has 1 fully saturated rings. The second-order valence-electron chi connectivity index (χ2n) is 5.62. The van der Waals surface area contributed by atoms with Crippen LogP contribution >= 0.6 is 12.2 Å². The van der Waals surface area contributed by atoms with Crippen molar-refractivity contribution in [2.24, 2.45) is 5.73 Å². The summed E-state index contributed by atoms with van der Waals surface area (Å²) in [6, 6.07) is 3.81.